The van der Waals surface area contributed by atoms with Gasteiger partial charge >= 0.3 is 7.75 Å². The number of nitrogens with zero attached hydrogens (tertiary/aromatic N) is 1. The second-order valence-corrected chi connectivity index (χ2v) is 7.35. The van der Waals surface area contributed by atoms with E-state index < -0.39 is 18.9 Å². The molecule has 1 fully saturated rings. The van der Waals surface area contributed by atoms with Gasteiger partial charge in [-0.15, -0.1) is 0 Å². The number of benzene rings is 2. The number of para-hydroxylation sites is 1. The Kier molecular flexibility index (Phi) is 5.88. The zero-order chi connectivity index (χ0) is 18.4. The number of nitrogens with one attached hydrogen (secondary N) is 1. The van der Waals surface area contributed by atoms with Gasteiger partial charge in [-0.3, -0.25) is 10.1 Å². The molecule has 2 aromatic carbocycles. The van der Waals surface area contributed by atoms with E-state index in [0.29, 0.717) is 18.8 Å². The lowest BCUT2D eigenvalue weighted by molar-refractivity contribution is -0.384. The molecule has 0 radical (unpaired) electrons. The number of ether oxygens (including phenoxy) is 1. The van der Waals surface area contributed by atoms with Crippen LogP contribution in [0, 0.1) is 10.1 Å². The summed E-state index contributed by atoms with van der Waals surface area (Å²) in [5, 5.41) is 13.6. The summed E-state index contributed by atoms with van der Waals surface area (Å²) >= 11 is 0. The minimum Gasteiger partial charge on any atom is -0.404 e. The average molecular weight is 378 g/mol. The Hall–Kier alpha value is -2.41. The summed E-state index contributed by atoms with van der Waals surface area (Å²) in [6.07, 6.45) is 2.13. The molecule has 0 aromatic heterocycles. The van der Waals surface area contributed by atoms with Crippen molar-refractivity contribution in [3.8, 4) is 11.5 Å². The first kappa shape index (κ1) is 18.4. The Bertz CT molecular complexity index is 778. The highest BCUT2D eigenvalue weighted by Gasteiger charge is 2.33. The number of hydrogen-bond donors (Lipinski definition) is 1. The standard InChI is InChI=1S/C17H19N2O6P/c20-19(21)14-9-11-16(12-10-14)25-26(22,18-17-8-4-5-13-23-17)24-15-6-2-1-3-7-15/h1-3,6-7,9-12,17H,4-5,8,13H2,(H,18,22)/t17-,26?/m0/s1. The van der Waals surface area contributed by atoms with Gasteiger partial charge in [0.15, 0.2) is 0 Å². The highest BCUT2D eigenvalue weighted by molar-refractivity contribution is 7.52. The Morgan fingerprint density at radius 3 is 2.27 bits per heavy atom. The summed E-state index contributed by atoms with van der Waals surface area (Å²) in [5.74, 6) is 0.569. The van der Waals surface area contributed by atoms with E-state index in [0.717, 1.165) is 12.8 Å². The van der Waals surface area contributed by atoms with Gasteiger partial charge in [0.25, 0.3) is 5.69 Å². The Morgan fingerprint density at radius 1 is 1.04 bits per heavy atom. The zero-order valence-electron chi connectivity index (χ0n) is 13.9. The first-order valence-electron chi connectivity index (χ1n) is 8.22. The third-order valence-electron chi connectivity index (χ3n) is 3.72. The Labute approximate surface area is 150 Å². The molecule has 26 heavy (non-hydrogen) atoms. The van der Waals surface area contributed by atoms with Crippen molar-refractivity contribution in [2.75, 3.05) is 6.61 Å². The monoisotopic (exact) mass is 378 g/mol. The predicted molar refractivity (Wildman–Crippen MR) is 95.1 cm³/mol. The van der Waals surface area contributed by atoms with E-state index in [2.05, 4.69) is 5.09 Å². The average Bonchev–Trinajstić information content (AvgIpc) is 2.63. The number of nitro groups is 1. The van der Waals surface area contributed by atoms with E-state index in [1.807, 2.05) is 6.07 Å². The van der Waals surface area contributed by atoms with Gasteiger partial charge < -0.3 is 13.8 Å². The zero-order valence-corrected chi connectivity index (χ0v) is 14.8. The van der Waals surface area contributed by atoms with Gasteiger partial charge in [-0.2, -0.15) is 5.09 Å². The first-order chi connectivity index (χ1) is 12.5. The number of nitro benzene ring substituents is 1. The van der Waals surface area contributed by atoms with Crippen LogP contribution >= 0.6 is 7.75 Å². The predicted octanol–water partition coefficient (Wildman–Crippen LogP) is 4.28. The molecule has 0 bridgehead atoms. The minimum absolute atomic E-state index is 0.0836. The molecule has 9 heteroatoms. The van der Waals surface area contributed by atoms with Gasteiger partial charge in [-0.1, -0.05) is 18.2 Å². The van der Waals surface area contributed by atoms with Crippen LogP contribution in [0.15, 0.2) is 54.6 Å². The second kappa shape index (κ2) is 8.31. The largest absolute Gasteiger partial charge is 0.515 e. The molecule has 2 aromatic rings. The third-order valence-corrected chi connectivity index (χ3v) is 5.23. The van der Waals surface area contributed by atoms with Crippen LogP contribution in [0.1, 0.15) is 19.3 Å². The fourth-order valence-corrected chi connectivity index (χ4v) is 3.98. The molecule has 0 amide bonds. The summed E-state index contributed by atoms with van der Waals surface area (Å²) in [4.78, 5) is 10.2. The van der Waals surface area contributed by atoms with Gasteiger partial charge in [0, 0.05) is 18.7 Å². The Morgan fingerprint density at radius 2 is 1.69 bits per heavy atom. The van der Waals surface area contributed by atoms with Gasteiger partial charge in [0.2, 0.25) is 0 Å². The van der Waals surface area contributed by atoms with Crippen LogP contribution < -0.4 is 14.1 Å². The van der Waals surface area contributed by atoms with Crippen molar-refractivity contribution in [1.82, 2.24) is 5.09 Å². The smallest absolute Gasteiger partial charge is 0.404 e. The summed E-state index contributed by atoms with van der Waals surface area (Å²) in [5.41, 5.74) is -0.0836. The summed E-state index contributed by atoms with van der Waals surface area (Å²) in [6.45, 7) is 0.570. The topological polar surface area (TPSA) is 99.9 Å². The van der Waals surface area contributed by atoms with Crippen molar-refractivity contribution < 1.29 is 23.3 Å². The maximum atomic E-state index is 13.3. The minimum atomic E-state index is -3.82. The van der Waals surface area contributed by atoms with Crippen LogP contribution in [0.3, 0.4) is 0 Å². The van der Waals surface area contributed by atoms with E-state index in [1.54, 1.807) is 24.3 Å². The van der Waals surface area contributed by atoms with Crippen LogP contribution in [0.25, 0.3) is 0 Å². The van der Waals surface area contributed by atoms with Gasteiger partial charge in [-0.05, 0) is 43.5 Å². The fraction of sp³-hybridized carbons (Fsp3) is 0.294. The maximum Gasteiger partial charge on any atom is 0.515 e. The highest BCUT2D eigenvalue weighted by atomic mass is 31.2. The summed E-state index contributed by atoms with van der Waals surface area (Å²) in [6, 6.07) is 14.0. The van der Waals surface area contributed by atoms with E-state index in [-0.39, 0.29) is 11.4 Å². The van der Waals surface area contributed by atoms with Crippen molar-refractivity contribution in [2.45, 2.75) is 25.5 Å². The summed E-state index contributed by atoms with van der Waals surface area (Å²) < 4.78 is 30.0. The number of hydrogen-bond acceptors (Lipinski definition) is 6. The molecule has 8 nitrogen and oxygen atoms in total. The van der Waals surface area contributed by atoms with Crippen molar-refractivity contribution >= 4 is 13.4 Å². The summed E-state index contributed by atoms with van der Waals surface area (Å²) in [7, 11) is -3.82. The van der Waals surface area contributed by atoms with Crippen molar-refractivity contribution in [1.29, 1.82) is 0 Å². The van der Waals surface area contributed by atoms with E-state index >= 15 is 0 Å². The molecule has 2 atom stereocenters. The van der Waals surface area contributed by atoms with Crippen molar-refractivity contribution in [3.05, 3.63) is 64.7 Å². The fourth-order valence-electron chi connectivity index (χ4n) is 2.48. The molecule has 1 aliphatic heterocycles. The van der Waals surface area contributed by atoms with Crippen LogP contribution in [0.4, 0.5) is 5.69 Å². The lowest BCUT2D eigenvalue weighted by Crippen LogP contribution is -2.35. The SMILES string of the molecule is O=[N+]([O-])c1ccc(OP(=O)(N[C@@H]2CCCCO2)Oc2ccccc2)cc1. The van der Waals surface area contributed by atoms with Crippen LogP contribution in [0.2, 0.25) is 0 Å². The molecule has 1 saturated heterocycles. The van der Waals surface area contributed by atoms with E-state index in [9.17, 15) is 14.7 Å². The quantitative estimate of drug-likeness (QED) is 0.436. The Balaban J connectivity index is 1.79. The molecule has 138 valence electrons. The van der Waals surface area contributed by atoms with Gasteiger partial charge in [0.05, 0.1) is 4.92 Å². The van der Waals surface area contributed by atoms with Crippen molar-refractivity contribution in [3.63, 3.8) is 0 Å². The maximum absolute atomic E-state index is 13.3. The molecule has 0 spiro atoms. The second-order valence-electron chi connectivity index (χ2n) is 5.73. The van der Waals surface area contributed by atoms with Gasteiger partial charge in [0.1, 0.15) is 17.7 Å². The van der Waals surface area contributed by atoms with Gasteiger partial charge in [-0.25, -0.2) is 4.57 Å². The molecule has 1 heterocycles. The molecule has 3 rings (SSSR count). The molecule has 1 unspecified atom stereocenters. The lowest BCUT2D eigenvalue weighted by atomic mass is 10.2. The number of rotatable bonds is 7. The van der Waals surface area contributed by atoms with Crippen LogP contribution in [0.5, 0.6) is 11.5 Å². The molecular formula is C17H19N2O6P. The van der Waals surface area contributed by atoms with Crippen LogP contribution in [-0.4, -0.2) is 17.8 Å². The molecule has 1 N–H and O–H groups in total. The third kappa shape index (κ3) is 5.05. The van der Waals surface area contributed by atoms with E-state index in [4.69, 9.17) is 13.8 Å². The number of non-ortho nitro benzene ring substituents is 1. The highest BCUT2D eigenvalue weighted by Crippen LogP contribution is 2.46. The molecule has 1 aliphatic rings. The van der Waals surface area contributed by atoms with E-state index in [1.165, 1.54) is 24.3 Å². The molecule has 0 saturated carbocycles. The van der Waals surface area contributed by atoms with Crippen molar-refractivity contribution in [2.24, 2.45) is 0 Å². The van der Waals surface area contributed by atoms with Crippen LogP contribution in [-0.2, 0) is 9.30 Å². The normalized spacial score (nSPS) is 19.3. The lowest BCUT2D eigenvalue weighted by Gasteiger charge is -2.28. The molecule has 0 aliphatic carbocycles. The molecular weight excluding hydrogens is 359 g/mol. The first-order valence-corrected chi connectivity index (χ1v) is 9.76.